The van der Waals surface area contributed by atoms with E-state index in [0.717, 1.165) is 29.3 Å². The molecule has 0 saturated heterocycles. The summed E-state index contributed by atoms with van der Waals surface area (Å²) in [5.41, 5.74) is 6.12. The third kappa shape index (κ3) is 3.08. The van der Waals surface area contributed by atoms with Crippen LogP contribution in [-0.2, 0) is 6.42 Å². The van der Waals surface area contributed by atoms with Crippen molar-refractivity contribution < 1.29 is 4.39 Å². The van der Waals surface area contributed by atoms with Gasteiger partial charge in [0.1, 0.15) is 5.82 Å². The lowest BCUT2D eigenvalue weighted by Crippen LogP contribution is -2.00. The van der Waals surface area contributed by atoms with E-state index in [1.54, 1.807) is 6.07 Å². The lowest BCUT2D eigenvalue weighted by Gasteiger charge is -2.04. The molecule has 0 saturated carbocycles. The molecule has 72 valence electrons. The monoisotopic (exact) mass is 245 g/mol. The first-order valence-corrected chi connectivity index (χ1v) is 5.18. The van der Waals surface area contributed by atoms with E-state index >= 15 is 0 Å². The maximum Gasteiger partial charge on any atom is 0.127 e. The molecule has 0 atom stereocenters. The zero-order valence-electron chi connectivity index (χ0n) is 7.39. The van der Waals surface area contributed by atoms with Gasteiger partial charge in [-0.25, -0.2) is 4.39 Å². The molecule has 0 amide bonds. The number of hydrogen-bond acceptors (Lipinski definition) is 1. The van der Waals surface area contributed by atoms with Gasteiger partial charge < -0.3 is 5.73 Å². The van der Waals surface area contributed by atoms with Crippen molar-refractivity contribution in [3.05, 3.63) is 34.1 Å². The van der Waals surface area contributed by atoms with Gasteiger partial charge in [0.25, 0.3) is 0 Å². The molecule has 0 aliphatic rings. The maximum absolute atomic E-state index is 13.2. The number of rotatable bonds is 4. The van der Waals surface area contributed by atoms with Crippen LogP contribution in [0.5, 0.6) is 0 Å². The molecular weight excluding hydrogens is 233 g/mol. The average Bonchev–Trinajstić information content (AvgIpc) is 2.10. The molecule has 0 fully saturated rings. The summed E-state index contributed by atoms with van der Waals surface area (Å²) in [6.45, 7) is 0.673. The van der Waals surface area contributed by atoms with E-state index in [1.807, 2.05) is 6.07 Å². The van der Waals surface area contributed by atoms with Crippen LogP contribution >= 0.6 is 15.9 Å². The molecule has 0 aromatic heterocycles. The predicted molar refractivity (Wildman–Crippen MR) is 56.1 cm³/mol. The third-order valence-electron chi connectivity index (χ3n) is 1.94. The standard InChI is InChI=1S/C10H13BrFN/c11-9-5-3-6-10(12)8(9)4-1-2-7-13/h3,5-6H,1-2,4,7,13H2. The van der Waals surface area contributed by atoms with Crippen LogP contribution in [0.3, 0.4) is 0 Å². The summed E-state index contributed by atoms with van der Waals surface area (Å²) in [6, 6.07) is 5.05. The quantitative estimate of drug-likeness (QED) is 0.812. The minimum absolute atomic E-state index is 0.133. The van der Waals surface area contributed by atoms with Crippen LogP contribution in [0.15, 0.2) is 22.7 Å². The Hall–Kier alpha value is -0.410. The smallest absolute Gasteiger partial charge is 0.127 e. The van der Waals surface area contributed by atoms with E-state index in [2.05, 4.69) is 15.9 Å². The van der Waals surface area contributed by atoms with E-state index < -0.39 is 0 Å². The van der Waals surface area contributed by atoms with Gasteiger partial charge in [0.2, 0.25) is 0 Å². The average molecular weight is 246 g/mol. The van der Waals surface area contributed by atoms with Crippen molar-refractivity contribution in [1.29, 1.82) is 0 Å². The highest BCUT2D eigenvalue weighted by Crippen LogP contribution is 2.21. The second kappa shape index (κ2) is 5.35. The number of benzene rings is 1. The first-order chi connectivity index (χ1) is 6.25. The van der Waals surface area contributed by atoms with E-state index in [1.165, 1.54) is 6.07 Å². The molecule has 0 bridgehead atoms. The minimum atomic E-state index is -0.133. The Kier molecular flexibility index (Phi) is 4.39. The molecule has 1 aromatic carbocycles. The molecule has 0 spiro atoms. The molecule has 1 aromatic rings. The van der Waals surface area contributed by atoms with Crippen molar-refractivity contribution in [2.45, 2.75) is 19.3 Å². The highest BCUT2D eigenvalue weighted by atomic mass is 79.9. The summed E-state index contributed by atoms with van der Waals surface area (Å²) < 4.78 is 14.1. The van der Waals surface area contributed by atoms with Crippen molar-refractivity contribution in [3.63, 3.8) is 0 Å². The number of hydrogen-bond donors (Lipinski definition) is 1. The lowest BCUT2D eigenvalue weighted by molar-refractivity contribution is 0.599. The van der Waals surface area contributed by atoms with Crippen molar-refractivity contribution in [1.82, 2.24) is 0 Å². The number of unbranched alkanes of at least 4 members (excludes halogenated alkanes) is 1. The molecule has 2 N–H and O–H groups in total. The van der Waals surface area contributed by atoms with Gasteiger partial charge in [0.05, 0.1) is 0 Å². The summed E-state index contributed by atoms with van der Waals surface area (Å²) in [5, 5.41) is 0. The number of nitrogens with two attached hydrogens (primary N) is 1. The second-order valence-corrected chi connectivity index (χ2v) is 3.80. The van der Waals surface area contributed by atoms with Gasteiger partial charge in [-0.05, 0) is 37.9 Å². The maximum atomic E-state index is 13.2. The van der Waals surface area contributed by atoms with Crippen LogP contribution in [0.25, 0.3) is 0 Å². The first kappa shape index (κ1) is 10.7. The van der Waals surface area contributed by atoms with Gasteiger partial charge in [-0.3, -0.25) is 0 Å². The summed E-state index contributed by atoms with van der Waals surface area (Å²) in [7, 11) is 0. The zero-order chi connectivity index (χ0) is 9.68. The molecule has 1 nitrogen and oxygen atoms in total. The molecule has 3 heteroatoms. The fraction of sp³-hybridized carbons (Fsp3) is 0.400. The lowest BCUT2D eigenvalue weighted by atomic mass is 10.1. The molecule has 0 unspecified atom stereocenters. The molecule has 0 aliphatic carbocycles. The summed E-state index contributed by atoms with van der Waals surface area (Å²) in [5.74, 6) is -0.133. The van der Waals surface area contributed by atoms with Crippen LogP contribution < -0.4 is 5.73 Å². The van der Waals surface area contributed by atoms with E-state index in [9.17, 15) is 4.39 Å². The fourth-order valence-corrected chi connectivity index (χ4v) is 1.76. The summed E-state index contributed by atoms with van der Waals surface area (Å²) in [4.78, 5) is 0. The van der Waals surface area contributed by atoms with Crippen molar-refractivity contribution in [2.75, 3.05) is 6.54 Å². The Bertz CT molecular complexity index is 255. The SMILES string of the molecule is NCCCCc1c(F)cccc1Br. The molecular formula is C10H13BrFN. The van der Waals surface area contributed by atoms with E-state index in [-0.39, 0.29) is 5.82 Å². The molecule has 13 heavy (non-hydrogen) atoms. The van der Waals surface area contributed by atoms with Gasteiger partial charge in [0.15, 0.2) is 0 Å². The van der Waals surface area contributed by atoms with Crippen LogP contribution in [0.4, 0.5) is 4.39 Å². The van der Waals surface area contributed by atoms with Crippen molar-refractivity contribution in [3.8, 4) is 0 Å². The molecule has 0 aliphatic heterocycles. The third-order valence-corrected chi connectivity index (χ3v) is 2.69. The number of halogens is 2. The van der Waals surface area contributed by atoms with Crippen LogP contribution in [0.2, 0.25) is 0 Å². The Labute approximate surface area is 86.3 Å². The molecule has 0 radical (unpaired) electrons. The van der Waals surface area contributed by atoms with Gasteiger partial charge >= 0.3 is 0 Å². The first-order valence-electron chi connectivity index (χ1n) is 4.38. The Morgan fingerprint density at radius 3 is 2.69 bits per heavy atom. The topological polar surface area (TPSA) is 26.0 Å². The van der Waals surface area contributed by atoms with Crippen LogP contribution in [0.1, 0.15) is 18.4 Å². The zero-order valence-corrected chi connectivity index (χ0v) is 8.98. The minimum Gasteiger partial charge on any atom is -0.330 e. The Balaban J connectivity index is 2.64. The molecule has 0 heterocycles. The summed E-state index contributed by atoms with van der Waals surface area (Å²) >= 11 is 3.33. The van der Waals surface area contributed by atoms with Crippen molar-refractivity contribution >= 4 is 15.9 Å². The van der Waals surface area contributed by atoms with Gasteiger partial charge in [-0.15, -0.1) is 0 Å². The predicted octanol–water partition coefficient (Wildman–Crippen LogP) is 2.87. The van der Waals surface area contributed by atoms with Gasteiger partial charge in [-0.1, -0.05) is 22.0 Å². The second-order valence-electron chi connectivity index (χ2n) is 2.95. The Morgan fingerprint density at radius 1 is 1.31 bits per heavy atom. The Morgan fingerprint density at radius 2 is 2.08 bits per heavy atom. The fourth-order valence-electron chi connectivity index (χ4n) is 1.22. The summed E-state index contributed by atoms with van der Waals surface area (Å²) in [6.07, 6.45) is 2.64. The highest BCUT2D eigenvalue weighted by Gasteiger charge is 2.04. The van der Waals surface area contributed by atoms with E-state index in [4.69, 9.17) is 5.73 Å². The molecule has 1 rings (SSSR count). The highest BCUT2D eigenvalue weighted by molar-refractivity contribution is 9.10. The van der Waals surface area contributed by atoms with Gasteiger partial charge in [0, 0.05) is 10.0 Å². The van der Waals surface area contributed by atoms with Crippen LogP contribution in [0, 0.1) is 5.82 Å². The largest absolute Gasteiger partial charge is 0.330 e. The van der Waals surface area contributed by atoms with Crippen molar-refractivity contribution in [2.24, 2.45) is 5.73 Å². The normalized spacial score (nSPS) is 10.4. The van der Waals surface area contributed by atoms with Crippen LogP contribution in [-0.4, -0.2) is 6.54 Å². The van der Waals surface area contributed by atoms with E-state index in [0.29, 0.717) is 6.54 Å². The van der Waals surface area contributed by atoms with Gasteiger partial charge in [-0.2, -0.15) is 0 Å².